The average molecular weight is 278 g/mol. The van der Waals surface area contributed by atoms with E-state index in [1.165, 1.54) is 0 Å². The first kappa shape index (κ1) is 15.1. The predicted molar refractivity (Wildman–Crippen MR) is 81.1 cm³/mol. The van der Waals surface area contributed by atoms with Crippen LogP contribution in [0.15, 0.2) is 18.3 Å². The van der Waals surface area contributed by atoms with Gasteiger partial charge in [0.05, 0.1) is 18.8 Å². The lowest BCUT2D eigenvalue weighted by atomic mass is 9.77. The molecule has 1 aromatic heterocycles. The van der Waals surface area contributed by atoms with Crippen molar-refractivity contribution in [3.8, 4) is 5.75 Å². The van der Waals surface area contributed by atoms with Crippen LogP contribution in [0.25, 0.3) is 0 Å². The Morgan fingerprint density at radius 1 is 1.45 bits per heavy atom. The highest BCUT2D eigenvalue weighted by molar-refractivity contribution is 5.51. The minimum atomic E-state index is -0.245. The van der Waals surface area contributed by atoms with Crippen LogP contribution >= 0.6 is 0 Å². The van der Waals surface area contributed by atoms with Crippen molar-refractivity contribution in [2.75, 3.05) is 18.5 Å². The van der Waals surface area contributed by atoms with Crippen molar-refractivity contribution in [3.63, 3.8) is 0 Å². The van der Waals surface area contributed by atoms with Gasteiger partial charge in [0.2, 0.25) is 0 Å². The summed E-state index contributed by atoms with van der Waals surface area (Å²) in [7, 11) is 0. The average Bonchev–Trinajstić information content (AvgIpc) is 2.49. The van der Waals surface area contributed by atoms with Crippen molar-refractivity contribution < 1.29 is 9.84 Å². The number of nitrogens with zero attached hydrogens (tertiary/aromatic N) is 1. The summed E-state index contributed by atoms with van der Waals surface area (Å²) in [6.45, 7) is 5.19. The molecule has 4 heteroatoms. The molecule has 1 fully saturated rings. The molecule has 20 heavy (non-hydrogen) atoms. The van der Waals surface area contributed by atoms with Gasteiger partial charge in [-0.1, -0.05) is 13.8 Å². The first-order chi connectivity index (χ1) is 9.69. The van der Waals surface area contributed by atoms with Crippen LogP contribution in [0.1, 0.15) is 46.0 Å². The Bertz CT molecular complexity index is 415. The Labute approximate surface area is 121 Å². The van der Waals surface area contributed by atoms with Gasteiger partial charge in [-0.3, -0.25) is 0 Å². The van der Waals surface area contributed by atoms with Gasteiger partial charge in [0.25, 0.3) is 0 Å². The van der Waals surface area contributed by atoms with Crippen LogP contribution in [0.3, 0.4) is 0 Å². The summed E-state index contributed by atoms with van der Waals surface area (Å²) in [5, 5.41) is 13.3. The molecule has 1 aromatic rings. The molecule has 0 amide bonds. The van der Waals surface area contributed by atoms with Crippen LogP contribution in [-0.2, 0) is 0 Å². The fourth-order valence-corrected chi connectivity index (χ4v) is 2.70. The molecular weight excluding hydrogens is 252 g/mol. The summed E-state index contributed by atoms with van der Waals surface area (Å²) in [6.07, 6.45) is 6.98. The van der Waals surface area contributed by atoms with E-state index in [0.29, 0.717) is 6.61 Å². The van der Waals surface area contributed by atoms with Gasteiger partial charge in [0, 0.05) is 6.20 Å². The van der Waals surface area contributed by atoms with Crippen molar-refractivity contribution in [2.45, 2.75) is 51.5 Å². The Hall–Kier alpha value is -1.29. The van der Waals surface area contributed by atoms with Crippen LogP contribution in [0, 0.1) is 5.92 Å². The van der Waals surface area contributed by atoms with E-state index in [4.69, 9.17) is 4.74 Å². The van der Waals surface area contributed by atoms with Crippen LogP contribution < -0.4 is 10.1 Å². The highest BCUT2D eigenvalue weighted by Crippen LogP contribution is 2.35. The maximum atomic E-state index is 9.82. The van der Waals surface area contributed by atoms with Crippen molar-refractivity contribution in [3.05, 3.63) is 18.3 Å². The lowest BCUT2D eigenvalue weighted by Crippen LogP contribution is -2.45. The molecule has 0 aliphatic heterocycles. The fourth-order valence-electron chi connectivity index (χ4n) is 2.70. The second-order valence-electron chi connectivity index (χ2n) is 5.94. The molecule has 0 saturated heterocycles. The van der Waals surface area contributed by atoms with Crippen LogP contribution in [0.2, 0.25) is 0 Å². The number of hydrogen-bond acceptors (Lipinski definition) is 4. The summed E-state index contributed by atoms with van der Waals surface area (Å²) in [6, 6.07) is 3.81. The number of aliphatic hydroxyl groups is 1. The molecule has 0 radical (unpaired) electrons. The zero-order chi connectivity index (χ0) is 14.4. The molecule has 2 N–H and O–H groups in total. The van der Waals surface area contributed by atoms with Crippen molar-refractivity contribution in [1.29, 1.82) is 0 Å². The largest absolute Gasteiger partial charge is 0.490 e. The maximum Gasteiger partial charge on any atom is 0.169 e. The van der Waals surface area contributed by atoms with Crippen molar-refractivity contribution in [2.24, 2.45) is 5.92 Å². The van der Waals surface area contributed by atoms with Gasteiger partial charge < -0.3 is 15.2 Å². The van der Waals surface area contributed by atoms with E-state index in [-0.39, 0.29) is 12.1 Å². The van der Waals surface area contributed by atoms with E-state index in [9.17, 15) is 5.11 Å². The molecule has 0 bridgehead atoms. The lowest BCUT2D eigenvalue weighted by Gasteiger charge is -2.39. The molecule has 1 aliphatic rings. The third-order valence-corrected chi connectivity index (χ3v) is 4.15. The number of ether oxygens (including phenoxy) is 1. The smallest absolute Gasteiger partial charge is 0.169 e. The Balaban J connectivity index is 2.11. The predicted octanol–water partition coefficient (Wildman–Crippen LogP) is 3.22. The van der Waals surface area contributed by atoms with Gasteiger partial charge >= 0.3 is 0 Å². The number of anilines is 1. The third kappa shape index (κ3) is 3.63. The molecule has 0 unspecified atom stereocenters. The highest BCUT2D eigenvalue weighted by Gasteiger charge is 2.34. The van der Waals surface area contributed by atoms with Gasteiger partial charge in [-0.05, 0) is 50.2 Å². The Kier molecular flexibility index (Phi) is 5.24. The molecule has 112 valence electrons. The molecule has 4 nitrogen and oxygen atoms in total. The highest BCUT2D eigenvalue weighted by atomic mass is 16.5. The maximum absolute atomic E-state index is 9.82. The summed E-state index contributed by atoms with van der Waals surface area (Å²) in [4.78, 5) is 4.39. The standard InChI is InChI=1S/C16H26N2O2/c1-3-11-20-14-5-4-10-17-15(14)18-16(12-19)8-6-13(2)7-9-16/h4-5,10,13,19H,3,6-9,11-12H2,1-2H3,(H,17,18). The first-order valence-electron chi connectivity index (χ1n) is 7.66. The molecule has 1 heterocycles. The minimum Gasteiger partial charge on any atom is -0.490 e. The number of nitrogens with one attached hydrogen (secondary N) is 1. The second-order valence-corrected chi connectivity index (χ2v) is 5.94. The van der Waals surface area contributed by atoms with Gasteiger partial charge in [-0.25, -0.2) is 4.98 Å². The number of hydrogen-bond donors (Lipinski definition) is 2. The van der Waals surface area contributed by atoms with Crippen LogP contribution in [-0.4, -0.2) is 28.8 Å². The molecular formula is C16H26N2O2. The van der Waals surface area contributed by atoms with E-state index < -0.39 is 0 Å². The van der Waals surface area contributed by atoms with E-state index in [1.54, 1.807) is 6.20 Å². The van der Waals surface area contributed by atoms with E-state index in [1.807, 2.05) is 12.1 Å². The SMILES string of the molecule is CCCOc1cccnc1NC1(CO)CCC(C)CC1. The molecule has 1 aliphatic carbocycles. The van der Waals surface area contributed by atoms with Crippen molar-refractivity contribution in [1.82, 2.24) is 4.98 Å². The van der Waals surface area contributed by atoms with Crippen molar-refractivity contribution >= 4 is 5.82 Å². The monoisotopic (exact) mass is 278 g/mol. The van der Waals surface area contributed by atoms with E-state index in [2.05, 4.69) is 24.1 Å². The Morgan fingerprint density at radius 3 is 2.85 bits per heavy atom. The van der Waals surface area contributed by atoms with Gasteiger partial charge in [0.15, 0.2) is 11.6 Å². The lowest BCUT2D eigenvalue weighted by molar-refractivity contribution is 0.154. The molecule has 0 spiro atoms. The normalized spacial score (nSPS) is 26.2. The van der Waals surface area contributed by atoms with Crippen LogP contribution in [0.4, 0.5) is 5.82 Å². The second kappa shape index (κ2) is 6.93. The van der Waals surface area contributed by atoms with Crippen LogP contribution in [0.5, 0.6) is 5.75 Å². The molecule has 0 aromatic carbocycles. The summed E-state index contributed by atoms with van der Waals surface area (Å²) >= 11 is 0. The molecule has 0 atom stereocenters. The number of rotatable bonds is 6. The zero-order valence-corrected chi connectivity index (χ0v) is 12.6. The van der Waals surface area contributed by atoms with Gasteiger partial charge in [-0.15, -0.1) is 0 Å². The van der Waals surface area contributed by atoms with E-state index >= 15 is 0 Å². The number of pyridine rings is 1. The molecule has 2 rings (SSSR count). The summed E-state index contributed by atoms with van der Waals surface area (Å²) in [5.41, 5.74) is -0.245. The quantitative estimate of drug-likeness (QED) is 0.839. The van der Waals surface area contributed by atoms with E-state index in [0.717, 1.165) is 49.6 Å². The number of aromatic nitrogens is 1. The summed E-state index contributed by atoms with van der Waals surface area (Å²) in [5.74, 6) is 2.28. The minimum absolute atomic E-state index is 0.142. The summed E-state index contributed by atoms with van der Waals surface area (Å²) < 4.78 is 5.73. The third-order valence-electron chi connectivity index (χ3n) is 4.15. The Morgan fingerprint density at radius 2 is 2.20 bits per heavy atom. The van der Waals surface area contributed by atoms with Gasteiger partial charge in [-0.2, -0.15) is 0 Å². The van der Waals surface area contributed by atoms with Gasteiger partial charge in [0.1, 0.15) is 0 Å². The molecule has 1 saturated carbocycles. The topological polar surface area (TPSA) is 54.4 Å². The zero-order valence-electron chi connectivity index (χ0n) is 12.6. The number of aliphatic hydroxyl groups excluding tert-OH is 1. The fraction of sp³-hybridized carbons (Fsp3) is 0.688. The first-order valence-corrected chi connectivity index (χ1v) is 7.66.